The second-order valence-corrected chi connectivity index (χ2v) is 3.85. The molecule has 19 heavy (non-hydrogen) atoms. The summed E-state index contributed by atoms with van der Waals surface area (Å²) >= 11 is 0. The largest absolute Gasteiger partial charge is 0.436 e. The van der Waals surface area contributed by atoms with Gasteiger partial charge in [-0.15, -0.1) is 10.2 Å². The van der Waals surface area contributed by atoms with Gasteiger partial charge in [-0.1, -0.05) is 6.07 Å². The predicted octanol–water partition coefficient (Wildman–Crippen LogP) is 1.51. The Morgan fingerprint density at radius 2 is 2.26 bits per heavy atom. The first-order chi connectivity index (χ1) is 9.28. The molecular formula is C12H10FN5O. The maximum absolute atomic E-state index is 13.6. The van der Waals surface area contributed by atoms with Crippen LogP contribution in [0.15, 0.2) is 36.9 Å². The summed E-state index contributed by atoms with van der Waals surface area (Å²) in [6, 6.07) is 4.48. The molecule has 0 aliphatic carbocycles. The van der Waals surface area contributed by atoms with Crippen molar-refractivity contribution in [2.24, 2.45) is 5.73 Å². The molecule has 0 atom stereocenters. The fraction of sp³-hybridized carbons (Fsp3) is 0.0833. The van der Waals surface area contributed by atoms with E-state index in [0.717, 1.165) is 0 Å². The van der Waals surface area contributed by atoms with Crippen molar-refractivity contribution in [2.75, 3.05) is 0 Å². The maximum atomic E-state index is 13.6. The molecule has 0 amide bonds. The third-order valence-electron chi connectivity index (χ3n) is 2.64. The average molecular weight is 259 g/mol. The predicted molar refractivity (Wildman–Crippen MR) is 65.1 cm³/mol. The van der Waals surface area contributed by atoms with Crippen molar-refractivity contribution >= 4 is 5.65 Å². The average Bonchev–Trinajstić information content (AvgIpc) is 2.88. The van der Waals surface area contributed by atoms with Crippen molar-refractivity contribution in [2.45, 2.75) is 6.54 Å². The topological polar surface area (TPSA) is 78.3 Å². The molecule has 2 aromatic heterocycles. The molecule has 6 nitrogen and oxygen atoms in total. The number of rotatable bonds is 3. The highest BCUT2D eigenvalue weighted by molar-refractivity contribution is 5.49. The SMILES string of the molecule is NCc1ccc(Oc2nccn3cnnc23)cc1F. The van der Waals surface area contributed by atoms with Gasteiger partial charge in [-0.25, -0.2) is 9.37 Å². The highest BCUT2D eigenvalue weighted by Gasteiger charge is 2.09. The molecule has 3 aromatic rings. The lowest BCUT2D eigenvalue weighted by atomic mass is 10.2. The van der Waals surface area contributed by atoms with Crippen LogP contribution in [0.1, 0.15) is 5.56 Å². The fourth-order valence-corrected chi connectivity index (χ4v) is 1.68. The van der Waals surface area contributed by atoms with Gasteiger partial charge in [0.1, 0.15) is 17.9 Å². The Kier molecular flexibility index (Phi) is 2.81. The highest BCUT2D eigenvalue weighted by atomic mass is 19.1. The minimum atomic E-state index is -0.409. The smallest absolute Gasteiger partial charge is 0.265 e. The molecule has 0 saturated heterocycles. The number of aromatic nitrogens is 4. The Hall–Kier alpha value is -2.54. The van der Waals surface area contributed by atoms with Crippen LogP contribution in [-0.2, 0) is 6.54 Å². The molecule has 0 aliphatic heterocycles. The van der Waals surface area contributed by atoms with Gasteiger partial charge in [0.05, 0.1) is 0 Å². The first kappa shape index (κ1) is 11.5. The molecule has 0 spiro atoms. The van der Waals surface area contributed by atoms with Crippen LogP contribution in [0.5, 0.6) is 11.6 Å². The first-order valence-corrected chi connectivity index (χ1v) is 5.58. The number of benzene rings is 1. The number of nitrogens with zero attached hydrogens (tertiary/aromatic N) is 4. The van der Waals surface area contributed by atoms with E-state index in [1.165, 1.54) is 12.4 Å². The van der Waals surface area contributed by atoms with Gasteiger partial charge in [0.15, 0.2) is 0 Å². The van der Waals surface area contributed by atoms with Crippen molar-refractivity contribution in [3.05, 3.63) is 48.3 Å². The number of fused-ring (bicyclic) bond motifs is 1. The summed E-state index contributed by atoms with van der Waals surface area (Å²) in [6.07, 6.45) is 4.78. The van der Waals surface area contributed by atoms with E-state index in [1.807, 2.05) is 0 Å². The van der Waals surface area contributed by atoms with E-state index in [2.05, 4.69) is 15.2 Å². The van der Waals surface area contributed by atoms with E-state index in [-0.39, 0.29) is 12.4 Å². The monoisotopic (exact) mass is 259 g/mol. The van der Waals surface area contributed by atoms with Crippen LogP contribution in [0.3, 0.4) is 0 Å². The number of hydrogen-bond donors (Lipinski definition) is 1. The maximum Gasteiger partial charge on any atom is 0.265 e. The van der Waals surface area contributed by atoms with E-state index >= 15 is 0 Å². The van der Waals surface area contributed by atoms with Gasteiger partial charge in [-0.3, -0.25) is 4.40 Å². The van der Waals surface area contributed by atoms with E-state index in [9.17, 15) is 4.39 Å². The normalized spacial score (nSPS) is 10.8. The molecule has 2 heterocycles. The molecule has 0 saturated carbocycles. The van der Waals surface area contributed by atoms with Gasteiger partial charge >= 0.3 is 0 Å². The van der Waals surface area contributed by atoms with Crippen molar-refractivity contribution in [1.82, 2.24) is 19.6 Å². The molecular weight excluding hydrogens is 249 g/mol. The summed E-state index contributed by atoms with van der Waals surface area (Å²) in [6.45, 7) is 0.143. The zero-order valence-electron chi connectivity index (χ0n) is 9.82. The highest BCUT2D eigenvalue weighted by Crippen LogP contribution is 2.24. The van der Waals surface area contributed by atoms with Gasteiger partial charge in [0.25, 0.3) is 5.88 Å². The van der Waals surface area contributed by atoms with Crippen LogP contribution in [0.4, 0.5) is 4.39 Å². The van der Waals surface area contributed by atoms with Crippen molar-refractivity contribution in [3.63, 3.8) is 0 Å². The zero-order valence-corrected chi connectivity index (χ0v) is 9.82. The minimum Gasteiger partial charge on any atom is -0.436 e. The fourth-order valence-electron chi connectivity index (χ4n) is 1.68. The molecule has 96 valence electrons. The molecule has 7 heteroatoms. The summed E-state index contributed by atoms with van der Waals surface area (Å²) in [5.74, 6) is 0.187. The van der Waals surface area contributed by atoms with Crippen molar-refractivity contribution in [3.8, 4) is 11.6 Å². The summed E-state index contributed by atoms with van der Waals surface area (Å²) in [4.78, 5) is 4.05. The quantitative estimate of drug-likeness (QED) is 0.771. The zero-order chi connectivity index (χ0) is 13.2. The summed E-state index contributed by atoms with van der Waals surface area (Å²) < 4.78 is 20.8. The molecule has 0 aliphatic rings. The van der Waals surface area contributed by atoms with Crippen LogP contribution in [0.25, 0.3) is 5.65 Å². The molecule has 1 aromatic carbocycles. The lowest BCUT2D eigenvalue weighted by Gasteiger charge is -2.06. The summed E-state index contributed by atoms with van der Waals surface area (Å²) in [5.41, 5.74) is 6.29. The lowest BCUT2D eigenvalue weighted by Crippen LogP contribution is -2.00. The van der Waals surface area contributed by atoms with Crippen LogP contribution in [-0.4, -0.2) is 19.6 Å². The Labute approximate surface area is 107 Å². The summed E-state index contributed by atoms with van der Waals surface area (Å²) in [5, 5.41) is 7.63. The van der Waals surface area contributed by atoms with Crippen molar-refractivity contribution < 1.29 is 9.13 Å². The first-order valence-electron chi connectivity index (χ1n) is 5.58. The Morgan fingerprint density at radius 1 is 1.37 bits per heavy atom. The van der Waals surface area contributed by atoms with Crippen LogP contribution in [0, 0.1) is 5.82 Å². The van der Waals surface area contributed by atoms with E-state index in [0.29, 0.717) is 17.0 Å². The molecule has 0 unspecified atom stereocenters. The van der Waals surface area contributed by atoms with E-state index < -0.39 is 5.82 Å². The van der Waals surface area contributed by atoms with Gasteiger partial charge in [0, 0.05) is 30.6 Å². The summed E-state index contributed by atoms with van der Waals surface area (Å²) in [7, 11) is 0. The van der Waals surface area contributed by atoms with Crippen LogP contribution < -0.4 is 10.5 Å². The molecule has 0 fully saturated rings. The number of hydrogen-bond acceptors (Lipinski definition) is 5. The van der Waals surface area contributed by atoms with Gasteiger partial charge < -0.3 is 10.5 Å². The number of ether oxygens (including phenoxy) is 1. The third-order valence-corrected chi connectivity index (χ3v) is 2.64. The Bertz CT molecular complexity index is 727. The molecule has 0 radical (unpaired) electrons. The Morgan fingerprint density at radius 3 is 3.05 bits per heavy atom. The number of nitrogens with two attached hydrogens (primary N) is 1. The second-order valence-electron chi connectivity index (χ2n) is 3.85. The minimum absolute atomic E-state index is 0.143. The number of halogens is 1. The lowest BCUT2D eigenvalue weighted by molar-refractivity contribution is 0.459. The third kappa shape index (κ3) is 2.11. The van der Waals surface area contributed by atoms with Crippen LogP contribution in [0.2, 0.25) is 0 Å². The van der Waals surface area contributed by atoms with E-state index in [1.54, 1.807) is 28.9 Å². The van der Waals surface area contributed by atoms with Gasteiger partial charge in [0.2, 0.25) is 5.65 Å². The molecule has 3 rings (SSSR count). The van der Waals surface area contributed by atoms with Crippen molar-refractivity contribution in [1.29, 1.82) is 0 Å². The van der Waals surface area contributed by atoms with E-state index in [4.69, 9.17) is 10.5 Å². The van der Waals surface area contributed by atoms with Gasteiger partial charge in [-0.05, 0) is 6.07 Å². The molecule has 0 bridgehead atoms. The Balaban J connectivity index is 1.97. The standard InChI is InChI=1S/C12H10FN5O/c13-10-5-9(2-1-8(10)6-14)19-12-11-17-16-7-18(11)4-3-15-12/h1-5,7H,6,14H2. The molecule has 2 N–H and O–H groups in total. The van der Waals surface area contributed by atoms with Crippen LogP contribution >= 0.6 is 0 Å². The van der Waals surface area contributed by atoms with Gasteiger partial charge in [-0.2, -0.15) is 0 Å². The second kappa shape index (κ2) is 4.62.